The highest BCUT2D eigenvalue weighted by Crippen LogP contribution is 2.24. The Hall–Kier alpha value is -2.00. The lowest BCUT2D eigenvalue weighted by Crippen LogP contribution is -2.17. The monoisotopic (exact) mass is 316 g/mol. The van der Waals surface area contributed by atoms with Gasteiger partial charge in [-0.15, -0.1) is 0 Å². The molecule has 2 aromatic rings. The maximum atomic E-state index is 12.1. The van der Waals surface area contributed by atoms with E-state index in [4.69, 9.17) is 11.6 Å². The lowest BCUT2D eigenvalue weighted by molar-refractivity contribution is -0.115. The van der Waals surface area contributed by atoms with Crippen LogP contribution in [-0.2, 0) is 4.79 Å². The molecule has 0 spiro atoms. The van der Waals surface area contributed by atoms with Crippen LogP contribution in [0.3, 0.4) is 0 Å². The van der Waals surface area contributed by atoms with Crippen molar-refractivity contribution in [2.75, 3.05) is 17.2 Å². The number of halogens is 1. The maximum Gasteiger partial charge on any atom is 0.226 e. The van der Waals surface area contributed by atoms with Gasteiger partial charge in [-0.25, -0.2) is 0 Å². The Morgan fingerprint density at radius 3 is 2.36 bits per heavy atom. The molecule has 2 aromatic carbocycles. The Kier molecular flexibility index (Phi) is 5.84. The number of rotatable bonds is 6. The summed E-state index contributed by atoms with van der Waals surface area (Å²) in [4.78, 5) is 12.1. The van der Waals surface area contributed by atoms with Gasteiger partial charge in [0.2, 0.25) is 5.91 Å². The van der Waals surface area contributed by atoms with Crippen molar-refractivity contribution in [1.29, 1.82) is 0 Å². The minimum atomic E-state index is -0.00680. The van der Waals surface area contributed by atoms with Crippen molar-refractivity contribution in [1.82, 2.24) is 0 Å². The molecule has 0 aliphatic rings. The van der Waals surface area contributed by atoms with E-state index >= 15 is 0 Å². The van der Waals surface area contributed by atoms with Crippen molar-refractivity contribution in [3.05, 3.63) is 59.1 Å². The van der Waals surface area contributed by atoms with Gasteiger partial charge < -0.3 is 10.6 Å². The molecule has 0 heterocycles. The zero-order valence-corrected chi connectivity index (χ0v) is 13.7. The highest BCUT2D eigenvalue weighted by Gasteiger charge is 2.09. The molecule has 0 radical (unpaired) electrons. The molecule has 0 saturated carbocycles. The third-order valence-corrected chi connectivity index (χ3v) is 3.73. The minimum absolute atomic E-state index is 0.00680. The average molecular weight is 317 g/mol. The van der Waals surface area contributed by atoms with Crippen LogP contribution in [0, 0.1) is 0 Å². The number of anilines is 2. The van der Waals surface area contributed by atoms with Crippen LogP contribution in [0.15, 0.2) is 48.5 Å². The van der Waals surface area contributed by atoms with Gasteiger partial charge in [-0.3, -0.25) is 4.79 Å². The molecule has 0 bridgehead atoms. The van der Waals surface area contributed by atoms with Crippen molar-refractivity contribution in [3.8, 4) is 0 Å². The first-order valence-electron chi connectivity index (χ1n) is 7.45. The van der Waals surface area contributed by atoms with Gasteiger partial charge in [0.25, 0.3) is 0 Å². The molecular weight excluding hydrogens is 296 g/mol. The van der Waals surface area contributed by atoms with E-state index < -0.39 is 0 Å². The summed E-state index contributed by atoms with van der Waals surface area (Å²) in [6.45, 7) is 4.77. The van der Waals surface area contributed by atoms with E-state index in [9.17, 15) is 4.79 Å². The highest BCUT2D eigenvalue weighted by molar-refractivity contribution is 6.33. The predicted molar refractivity (Wildman–Crippen MR) is 93.7 cm³/mol. The summed E-state index contributed by atoms with van der Waals surface area (Å²) in [7, 11) is 0. The fraction of sp³-hybridized carbons (Fsp3) is 0.278. The van der Waals surface area contributed by atoms with Crippen LogP contribution < -0.4 is 10.6 Å². The second-order valence-corrected chi connectivity index (χ2v) is 5.85. The van der Waals surface area contributed by atoms with Crippen molar-refractivity contribution in [2.24, 2.45) is 0 Å². The molecule has 4 heteroatoms. The van der Waals surface area contributed by atoms with Crippen LogP contribution in [0.4, 0.5) is 11.4 Å². The number of para-hydroxylation sites is 2. The summed E-state index contributed by atoms with van der Waals surface area (Å²) in [6, 6.07) is 15.4. The first kappa shape index (κ1) is 16.4. The van der Waals surface area contributed by atoms with Gasteiger partial charge in [0, 0.05) is 18.7 Å². The van der Waals surface area contributed by atoms with Gasteiger partial charge in [-0.1, -0.05) is 55.8 Å². The van der Waals surface area contributed by atoms with Crippen LogP contribution in [0.25, 0.3) is 0 Å². The van der Waals surface area contributed by atoms with Gasteiger partial charge >= 0.3 is 0 Å². The maximum absolute atomic E-state index is 12.1. The van der Waals surface area contributed by atoms with Crippen LogP contribution >= 0.6 is 11.6 Å². The lowest BCUT2D eigenvalue weighted by atomic mass is 10.0. The number of nitrogens with one attached hydrogen (secondary N) is 2. The van der Waals surface area contributed by atoms with Crippen LogP contribution in [-0.4, -0.2) is 12.5 Å². The number of hydrogen-bond donors (Lipinski definition) is 2. The van der Waals surface area contributed by atoms with Gasteiger partial charge in [0.1, 0.15) is 0 Å². The Morgan fingerprint density at radius 2 is 1.68 bits per heavy atom. The quantitative estimate of drug-likeness (QED) is 0.795. The van der Waals surface area contributed by atoms with Crippen molar-refractivity contribution < 1.29 is 4.79 Å². The van der Waals surface area contributed by atoms with Crippen molar-refractivity contribution in [2.45, 2.75) is 26.2 Å². The predicted octanol–water partition coefficient (Wildman–Crippen LogP) is 4.90. The zero-order valence-electron chi connectivity index (χ0n) is 12.9. The molecular formula is C18H21ClN2O. The smallest absolute Gasteiger partial charge is 0.226 e. The lowest BCUT2D eigenvalue weighted by Gasteiger charge is -2.14. The van der Waals surface area contributed by atoms with Gasteiger partial charge in [-0.05, 0) is 29.7 Å². The Bertz CT molecular complexity index is 640. The topological polar surface area (TPSA) is 41.1 Å². The van der Waals surface area contributed by atoms with Crippen molar-refractivity contribution >= 4 is 28.9 Å². The number of hydrogen-bond acceptors (Lipinski definition) is 2. The molecule has 2 rings (SSSR count). The molecule has 116 valence electrons. The number of carbonyl (C=O) groups excluding carboxylic acids is 1. The molecule has 2 N–H and O–H groups in total. The van der Waals surface area contributed by atoms with E-state index in [-0.39, 0.29) is 5.91 Å². The third kappa shape index (κ3) is 4.50. The first-order valence-corrected chi connectivity index (χ1v) is 7.83. The molecule has 3 nitrogen and oxygen atoms in total. The minimum Gasteiger partial charge on any atom is -0.383 e. The molecule has 1 amide bonds. The Labute approximate surface area is 136 Å². The van der Waals surface area contributed by atoms with E-state index in [1.54, 1.807) is 0 Å². The molecule has 0 atom stereocenters. The van der Waals surface area contributed by atoms with Gasteiger partial charge in [0.15, 0.2) is 0 Å². The summed E-state index contributed by atoms with van der Waals surface area (Å²) >= 11 is 6.06. The summed E-state index contributed by atoms with van der Waals surface area (Å²) in [5.41, 5.74) is 2.88. The van der Waals surface area contributed by atoms with Crippen LogP contribution in [0.1, 0.15) is 31.7 Å². The zero-order chi connectivity index (χ0) is 15.9. The van der Waals surface area contributed by atoms with E-state index in [1.807, 2.05) is 48.5 Å². The number of amides is 1. The SMILES string of the molecule is CC(C)c1ccccc1NC(=O)CCNc1ccccc1Cl. The van der Waals surface area contributed by atoms with Crippen LogP contribution in [0.2, 0.25) is 5.02 Å². The standard InChI is InChI=1S/C18H21ClN2O/c1-13(2)14-7-3-5-9-16(14)21-18(22)11-12-20-17-10-6-4-8-15(17)19/h3-10,13,20H,11-12H2,1-2H3,(H,21,22). The van der Waals surface area contributed by atoms with E-state index in [0.717, 1.165) is 16.9 Å². The molecule has 0 saturated heterocycles. The molecule has 0 aromatic heterocycles. The second-order valence-electron chi connectivity index (χ2n) is 5.45. The normalized spacial score (nSPS) is 10.5. The summed E-state index contributed by atoms with van der Waals surface area (Å²) in [6.07, 6.45) is 0.387. The molecule has 22 heavy (non-hydrogen) atoms. The highest BCUT2D eigenvalue weighted by atomic mass is 35.5. The van der Waals surface area contributed by atoms with E-state index in [1.165, 1.54) is 0 Å². The van der Waals surface area contributed by atoms with Crippen LogP contribution in [0.5, 0.6) is 0 Å². The van der Waals surface area contributed by atoms with E-state index in [2.05, 4.69) is 24.5 Å². The molecule has 0 unspecified atom stereocenters. The van der Waals surface area contributed by atoms with Gasteiger partial charge in [-0.2, -0.15) is 0 Å². The fourth-order valence-electron chi connectivity index (χ4n) is 2.24. The van der Waals surface area contributed by atoms with E-state index in [0.29, 0.717) is 23.9 Å². The molecule has 0 aliphatic heterocycles. The summed E-state index contributed by atoms with van der Waals surface area (Å²) < 4.78 is 0. The third-order valence-electron chi connectivity index (χ3n) is 3.40. The molecule has 0 fully saturated rings. The molecule has 0 aliphatic carbocycles. The summed E-state index contributed by atoms with van der Waals surface area (Å²) in [5.74, 6) is 0.366. The number of carbonyl (C=O) groups is 1. The fourth-order valence-corrected chi connectivity index (χ4v) is 2.44. The number of benzene rings is 2. The second kappa shape index (κ2) is 7.85. The summed E-state index contributed by atoms with van der Waals surface area (Å²) in [5, 5.41) is 6.82. The van der Waals surface area contributed by atoms with Gasteiger partial charge in [0.05, 0.1) is 10.7 Å². The average Bonchev–Trinajstić information content (AvgIpc) is 2.49. The first-order chi connectivity index (χ1) is 10.6. The Balaban J connectivity index is 1.88. The largest absolute Gasteiger partial charge is 0.383 e. The van der Waals surface area contributed by atoms with Crippen molar-refractivity contribution in [3.63, 3.8) is 0 Å². The Morgan fingerprint density at radius 1 is 1.05 bits per heavy atom.